The van der Waals surface area contributed by atoms with Gasteiger partial charge in [0.25, 0.3) is 0 Å². The monoisotopic (exact) mass is 294 g/mol. The zero-order valence-electron chi connectivity index (χ0n) is 11.5. The van der Waals surface area contributed by atoms with Crippen LogP contribution in [0.25, 0.3) is 6.08 Å². The van der Waals surface area contributed by atoms with E-state index in [1.807, 2.05) is 24.3 Å². The number of para-hydroxylation sites is 1. The van der Waals surface area contributed by atoms with Crippen LogP contribution in [0.2, 0.25) is 0 Å². The van der Waals surface area contributed by atoms with Gasteiger partial charge >= 0.3 is 0 Å². The highest BCUT2D eigenvalue weighted by atomic mass is 32.1. The fraction of sp³-hybridized carbons (Fsp3) is 0.286. The molecular formula is C14H18N2O3S. The molecule has 0 bridgehead atoms. The molecule has 0 radical (unpaired) electrons. The van der Waals surface area contributed by atoms with Gasteiger partial charge in [-0.25, -0.2) is 0 Å². The van der Waals surface area contributed by atoms with Crippen molar-refractivity contribution < 1.29 is 14.3 Å². The molecule has 0 unspecified atom stereocenters. The lowest BCUT2D eigenvalue weighted by Gasteiger charge is -2.07. The van der Waals surface area contributed by atoms with Crippen LogP contribution in [0.5, 0.6) is 5.75 Å². The maximum absolute atomic E-state index is 11.7. The molecule has 0 aliphatic rings. The smallest absolute Gasteiger partial charge is 0.250 e. The van der Waals surface area contributed by atoms with Gasteiger partial charge in [-0.05, 0) is 24.4 Å². The molecule has 0 aliphatic carbocycles. The summed E-state index contributed by atoms with van der Waals surface area (Å²) < 4.78 is 10.1. The number of ether oxygens (including phenoxy) is 2. The van der Waals surface area contributed by atoms with Crippen LogP contribution in [0.4, 0.5) is 0 Å². The molecule has 1 aromatic carbocycles. The summed E-state index contributed by atoms with van der Waals surface area (Å²) in [5.41, 5.74) is 0.823. The van der Waals surface area contributed by atoms with Crippen molar-refractivity contribution in [2.75, 3.05) is 27.4 Å². The average Bonchev–Trinajstić information content (AvgIpc) is 2.45. The summed E-state index contributed by atoms with van der Waals surface area (Å²) in [5.74, 6) is 0.406. The van der Waals surface area contributed by atoms with E-state index in [0.717, 1.165) is 5.56 Å². The minimum Gasteiger partial charge on any atom is -0.496 e. The zero-order chi connectivity index (χ0) is 14.8. The highest BCUT2D eigenvalue weighted by Crippen LogP contribution is 2.18. The topological polar surface area (TPSA) is 59.6 Å². The molecule has 1 amide bonds. The molecule has 0 atom stereocenters. The normalized spacial score (nSPS) is 10.3. The lowest BCUT2D eigenvalue weighted by atomic mass is 10.2. The van der Waals surface area contributed by atoms with Gasteiger partial charge < -0.3 is 14.8 Å². The Morgan fingerprint density at radius 1 is 1.35 bits per heavy atom. The summed E-state index contributed by atoms with van der Waals surface area (Å²) in [4.78, 5) is 11.7. The van der Waals surface area contributed by atoms with Gasteiger partial charge in [-0.2, -0.15) is 0 Å². The van der Waals surface area contributed by atoms with Crippen LogP contribution in [0.15, 0.2) is 30.3 Å². The number of carbonyl (C=O) groups is 1. The first-order chi connectivity index (χ1) is 9.67. The van der Waals surface area contributed by atoms with Crippen LogP contribution in [-0.2, 0) is 9.53 Å². The van der Waals surface area contributed by atoms with Gasteiger partial charge in [0.2, 0.25) is 5.91 Å². The quantitative estimate of drug-likeness (QED) is 0.471. The van der Waals surface area contributed by atoms with Crippen LogP contribution in [0, 0.1) is 0 Å². The molecule has 0 fully saturated rings. The highest BCUT2D eigenvalue weighted by molar-refractivity contribution is 7.80. The van der Waals surface area contributed by atoms with E-state index in [-0.39, 0.29) is 11.0 Å². The molecule has 20 heavy (non-hydrogen) atoms. The lowest BCUT2D eigenvalue weighted by Crippen LogP contribution is -2.39. The summed E-state index contributed by atoms with van der Waals surface area (Å²) in [6.07, 6.45) is 3.08. The van der Waals surface area contributed by atoms with Gasteiger partial charge in [-0.3, -0.25) is 10.1 Å². The highest BCUT2D eigenvalue weighted by Gasteiger charge is 2.01. The number of methoxy groups -OCH3 is 2. The molecule has 108 valence electrons. The Morgan fingerprint density at radius 2 is 2.10 bits per heavy atom. The summed E-state index contributed by atoms with van der Waals surface area (Å²) >= 11 is 4.97. The maximum Gasteiger partial charge on any atom is 0.250 e. The Kier molecular flexibility index (Phi) is 7.31. The van der Waals surface area contributed by atoms with E-state index < -0.39 is 0 Å². The number of amides is 1. The number of rotatable bonds is 6. The molecule has 0 aliphatic heterocycles. The molecule has 0 saturated carbocycles. The fourth-order valence-electron chi connectivity index (χ4n) is 1.43. The molecule has 6 heteroatoms. The van der Waals surface area contributed by atoms with Crippen LogP contribution in [0.3, 0.4) is 0 Å². The second kappa shape index (κ2) is 9.06. The second-order valence-electron chi connectivity index (χ2n) is 3.81. The molecule has 1 aromatic rings. The van der Waals surface area contributed by atoms with Gasteiger partial charge in [0.1, 0.15) is 5.75 Å². The molecule has 0 aromatic heterocycles. The second-order valence-corrected chi connectivity index (χ2v) is 4.22. The van der Waals surface area contributed by atoms with Crippen molar-refractivity contribution in [3.8, 4) is 5.75 Å². The lowest BCUT2D eigenvalue weighted by molar-refractivity contribution is -0.115. The molecule has 1 rings (SSSR count). The van der Waals surface area contributed by atoms with E-state index in [4.69, 9.17) is 21.7 Å². The van der Waals surface area contributed by atoms with Crippen LogP contribution >= 0.6 is 12.2 Å². The van der Waals surface area contributed by atoms with Crippen LogP contribution in [-0.4, -0.2) is 38.4 Å². The van der Waals surface area contributed by atoms with Gasteiger partial charge in [0.05, 0.1) is 13.7 Å². The van der Waals surface area contributed by atoms with E-state index in [0.29, 0.717) is 18.9 Å². The van der Waals surface area contributed by atoms with Crippen molar-refractivity contribution in [1.29, 1.82) is 0 Å². The minimum atomic E-state index is -0.300. The van der Waals surface area contributed by atoms with Crippen LogP contribution in [0.1, 0.15) is 5.56 Å². The SMILES string of the molecule is COCCNC(=S)NC(=O)/C=C/c1ccccc1OC. The Bertz CT molecular complexity index is 489. The first-order valence-corrected chi connectivity index (χ1v) is 6.47. The standard InChI is InChI=1S/C14H18N2O3S/c1-18-10-9-15-14(20)16-13(17)8-7-11-5-3-4-6-12(11)19-2/h3-8H,9-10H2,1-2H3,(H2,15,16,17,20)/b8-7+. The molecule has 0 spiro atoms. The fourth-order valence-corrected chi connectivity index (χ4v) is 1.64. The van der Waals surface area contributed by atoms with E-state index in [1.54, 1.807) is 20.3 Å². The first kappa shape index (κ1) is 16.1. The van der Waals surface area contributed by atoms with Crippen molar-refractivity contribution in [3.63, 3.8) is 0 Å². The van der Waals surface area contributed by atoms with Gasteiger partial charge in [-0.1, -0.05) is 18.2 Å². The zero-order valence-corrected chi connectivity index (χ0v) is 12.3. The van der Waals surface area contributed by atoms with Crippen molar-refractivity contribution in [2.45, 2.75) is 0 Å². The molecule has 2 N–H and O–H groups in total. The van der Waals surface area contributed by atoms with Crippen molar-refractivity contribution >= 4 is 29.3 Å². The minimum absolute atomic E-state index is 0.275. The molecule has 0 saturated heterocycles. The van der Waals surface area contributed by atoms with Gasteiger partial charge in [0, 0.05) is 25.3 Å². The maximum atomic E-state index is 11.7. The number of hydrogen-bond acceptors (Lipinski definition) is 4. The Balaban J connectivity index is 2.49. The summed E-state index contributed by atoms with van der Waals surface area (Å²) in [6, 6.07) is 7.43. The summed E-state index contributed by atoms with van der Waals surface area (Å²) in [7, 11) is 3.18. The van der Waals surface area contributed by atoms with E-state index in [1.165, 1.54) is 6.08 Å². The Morgan fingerprint density at radius 3 is 2.80 bits per heavy atom. The Hall–Kier alpha value is -1.92. The van der Waals surface area contributed by atoms with Crippen molar-refractivity contribution in [1.82, 2.24) is 10.6 Å². The number of thiocarbonyl (C=S) groups is 1. The molecule has 0 heterocycles. The number of nitrogens with one attached hydrogen (secondary N) is 2. The average molecular weight is 294 g/mol. The predicted molar refractivity (Wildman–Crippen MR) is 82.6 cm³/mol. The van der Waals surface area contributed by atoms with Crippen LogP contribution < -0.4 is 15.4 Å². The summed E-state index contributed by atoms with van der Waals surface area (Å²) in [5, 5.41) is 5.67. The number of carbonyl (C=O) groups excluding carboxylic acids is 1. The molecular weight excluding hydrogens is 276 g/mol. The third-order valence-corrected chi connectivity index (χ3v) is 2.63. The number of hydrogen-bond donors (Lipinski definition) is 2. The van der Waals surface area contributed by atoms with Crippen molar-refractivity contribution in [2.24, 2.45) is 0 Å². The predicted octanol–water partition coefficient (Wildman–Crippen LogP) is 1.35. The van der Waals surface area contributed by atoms with E-state index >= 15 is 0 Å². The third kappa shape index (κ3) is 5.81. The third-order valence-electron chi connectivity index (χ3n) is 2.38. The van der Waals surface area contributed by atoms with Crippen molar-refractivity contribution in [3.05, 3.63) is 35.9 Å². The van der Waals surface area contributed by atoms with Gasteiger partial charge in [-0.15, -0.1) is 0 Å². The van der Waals surface area contributed by atoms with E-state index in [9.17, 15) is 4.79 Å². The molecule has 5 nitrogen and oxygen atoms in total. The van der Waals surface area contributed by atoms with E-state index in [2.05, 4.69) is 10.6 Å². The largest absolute Gasteiger partial charge is 0.496 e. The summed E-state index contributed by atoms with van der Waals surface area (Å²) in [6.45, 7) is 1.07. The number of benzene rings is 1. The first-order valence-electron chi connectivity index (χ1n) is 6.06. The van der Waals surface area contributed by atoms with Gasteiger partial charge in [0.15, 0.2) is 5.11 Å². The Labute approximate surface area is 124 Å².